The van der Waals surface area contributed by atoms with Gasteiger partial charge in [-0.1, -0.05) is 18.2 Å². The van der Waals surface area contributed by atoms with Crippen molar-refractivity contribution in [1.82, 2.24) is 14.5 Å². The van der Waals surface area contributed by atoms with Gasteiger partial charge in [-0.25, -0.2) is 9.97 Å². The highest BCUT2D eigenvalue weighted by Gasteiger charge is 2.36. The molecule has 1 aliphatic carbocycles. The Hall–Kier alpha value is -2.61. The van der Waals surface area contributed by atoms with Gasteiger partial charge in [0.15, 0.2) is 0 Å². The Balaban J connectivity index is 1.82. The molecular weight excluding hydrogens is 355 g/mol. The van der Waals surface area contributed by atoms with Crippen molar-refractivity contribution in [3.63, 3.8) is 0 Å². The summed E-state index contributed by atoms with van der Waals surface area (Å²) >= 11 is 0. The standard InChI is InChI=1S/C19H20F3N5/c1-27-10-14(13-4-2-3-5-16(13)27)17-15(19(20,21)22)9-24-18(26-17)25-12-7-6-11(23)8-12/h2-5,9-12H,6-8,23H2,1H3,(H,24,25,26)/t11-,12-/m0/s1. The molecule has 0 unspecified atom stereocenters. The van der Waals surface area contributed by atoms with Gasteiger partial charge in [-0.05, 0) is 25.3 Å². The lowest BCUT2D eigenvalue weighted by molar-refractivity contribution is -0.137. The van der Waals surface area contributed by atoms with Crippen LogP contribution in [-0.4, -0.2) is 26.6 Å². The van der Waals surface area contributed by atoms with Crippen molar-refractivity contribution >= 4 is 16.9 Å². The maximum absolute atomic E-state index is 13.6. The molecule has 1 fully saturated rings. The summed E-state index contributed by atoms with van der Waals surface area (Å²) in [5.41, 5.74) is 6.24. The van der Waals surface area contributed by atoms with E-state index in [-0.39, 0.29) is 23.7 Å². The van der Waals surface area contributed by atoms with Crippen LogP contribution in [0.3, 0.4) is 0 Å². The van der Waals surface area contributed by atoms with Gasteiger partial charge in [0, 0.05) is 48.0 Å². The molecule has 27 heavy (non-hydrogen) atoms. The molecule has 1 aromatic carbocycles. The number of rotatable bonds is 3. The number of para-hydroxylation sites is 1. The molecule has 0 amide bonds. The van der Waals surface area contributed by atoms with Crippen molar-refractivity contribution in [2.75, 3.05) is 5.32 Å². The Bertz CT molecular complexity index is 979. The Labute approximate surface area is 154 Å². The van der Waals surface area contributed by atoms with Crippen LogP contribution in [0, 0.1) is 0 Å². The average molecular weight is 375 g/mol. The monoisotopic (exact) mass is 375 g/mol. The van der Waals surface area contributed by atoms with Crippen LogP contribution in [-0.2, 0) is 13.2 Å². The van der Waals surface area contributed by atoms with Crippen molar-refractivity contribution in [2.45, 2.75) is 37.5 Å². The van der Waals surface area contributed by atoms with Gasteiger partial charge in [-0.3, -0.25) is 0 Å². The van der Waals surface area contributed by atoms with Gasteiger partial charge >= 0.3 is 6.18 Å². The van der Waals surface area contributed by atoms with Crippen molar-refractivity contribution in [1.29, 1.82) is 0 Å². The number of hydrogen-bond donors (Lipinski definition) is 2. The smallest absolute Gasteiger partial charge is 0.351 e. The molecule has 0 aliphatic heterocycles. The first-order valence-corrected chi connectivity index (χ1v) is 8.83. The lowest BCUT2D eigenvalue weighted by Gasteiger charge is -2.16. The zero-order chi connectivity index (χ0) is 19.2. The third-order valence-electron chi connectivity index (χ3n) is 5.05. The number of fused-ring (bicyclic) bond motifs is 1. The van der Waals surface area contributed by atoms with Crippen LogP contribution >= 0.6 is 0 Å². The summed E-state index contributed by atoms with van der Waals surface area (Å²) < 4.78 is 42.6. The number of nitrogens with zero attached hydrogens (tertiary/aromatic N) is 3. The molecule has 0 bridgehead atoms. The molecule has 0 radical (unpaired) electrons. The number of benzene rings is 1. The maximum Gasteiger partial charge on any atom is 0.419 e. The molecule has 8 heteroatoms. The first-order chi connectivity index (χ1) is 12.8. The molecule has 142 valence electrons. The normalized spacial score (nSPS) is 20.3. The predicted molar refractivity (Wildman–Crippen MR) is 98.2 cm³/mol. The van der Waals surface area contributed by atoms with Crippen molar-refractivity contribution in [3.05, 3.63) is 42.2 Å². The van der Waals surface area contributed by atoms with Crippen LogP contribution in [0.5, 0.6) is 0 Å². The summed E-state index contributed by atoms with van der Waals surface area (Å²) in [6.45, 7) is 0. The summed E-state index contributed by atoms with van der Waals surface area (Å²) in [5.74, 6) is 0.199. The van der Waals surface area contributed by atoms with Gasteiger partial charge in [0.1, 0.15) is 5.56 Å². The average Bonchev–Trinajstić information content (AvgIpc) is 3.17. The minimum absolute atomic E-state index is 0.0807. The minimum atomic E-state index is -4.54. The number of alkyl halides is 3. The summed E-state index contributed by atoms with van der Waals surface area (Å²) in [5, 5.41) is 3.86. The fourth-order valence-corrected chi connectivity index (χ4v) is 3.72. The van der Waals surface area contributed by atoms with Crippen molar-refractivity contribution < 1.29 is 13.2 Å². The van der Waals surface area contributed by atoms with Crippen LogP contribution in [0.2, 0.25) is 0 Å². The lowest BCUT2D eigenvalue weighted by Crippen LogP contribution is -2.22. The van der Waals surface area contributed by atoms with E-state index in [9.17, 15) is 13.2 Å². The molecule has 2 atom stereocenters. The molecule has 2 heterocycles. The number of hydrogen-bond acceptors (Lipinski definition) is 4. The Kier molecular flexibility index (Phi) is 4.30. The van der Waals surface area contributed by atoms with Gasteiger partial charge < -0.3 is 15.6 Å². The van der Waals surface area contributed by atoms with E-state index >= 15 is 0 Å². The number of aryl methyl sites for hydroxylation is 1. The Morgan fingerprint density at radius 2 is 2.00 bits per heavy atom. The van der Waals surface area contributed by atoms with Gasteiger partial charge in [0.2, 0.25) is 5.95 Å². The van der Waals surface area contributed by atoms with Crippen LogP contribution in [0.15, 0.2) is 36.7 Å². The maximum atomic E-state index is 13.6. The van der Waals surface area contributed by atoms with E-state index in [0.29, 0.717) is 5.56 Å². The Morgan fingerprint density at radius 1 is 1.22 bits per heavy atom. The SMILES string of the molecule is Cn1cc(-c2nc(N[C@H]3CC[C@H](N)C3)ncc2C(F)(F)F)c2ccccc21. The van der Waals surface area contributed by atoms with E-state index in [2.05, 4.69) is 15.3 Å². The van der Waals surface area contributed by atoms with Gasteiger partial charge in [-0.15, -0.1) is 0 Å². The zero-order valence-electron chi connectivity index (χ0n) is 14.8. The molecule has 5 nitrogen and oxygen atoms in total. The van der Waals surface area contributed by atoms with Crippen molar-refractivity contribution in [2.24, 2.45) is 12.8 Å². The molecule has 0 spiro atoms. The molecular formula is C19H20F3N5. The number of anilines is 1. The summed E-state index contributed by atoms with van der Waals surface area (Å²) in [6, 6.07) is 7.51. The summed E-state index contributed by atoms with van der Waals surface area (Å²) in [6.07, 6.45) is 0.497. The molecule has 0 saturated heterocycles. The summed E-state index contributed by atoms with van der Waals surface area (Å²) in [7, 11) is 1.80. The third-order valence-corrected chi connectivity index (χ3v) is 5.05. The quantitative estimate of drug-likeness (QED) is 0.727. The first-order valence-electron chi connectivity index (χ1n) is 8.83. The van der Waals surface area contributed by atoms with E-state index in [4.69, 9.17) is 5.73 Å². The fraction of sp³-hybridized carbons (Fsp3) is 0.368. The fourth-order valence-electron chi connectivity index (χ4n) is 3.72. The van der Waals surface area contributed by atoms with Crippen LogP contribution in [0.4, 0.5) is 19.1 Å². The molecule has 4 rings (SSSR count). The zero-order valence-corrected chi connectivity index (χ0v) is 14.8. The largest absolute Gasteiger partial charge is 0.419 e. The molecule has 2 aromatic heterocycles. The van der Waals surface area contributed by atoms with E-state index in [1.165, 1.54) is 0 Å². The van der Waals surface area contributed by atoms with Crippen molar-refractivity contribution in [3.8, 4) is 11.3 Å². The van der Waals surface area contributed by atoms with Crippen LogP contribution < -0.4 is 11.1 Å². The van der Waals surface area contributed by atoms with Crippen LogP contribution in [0.25, 0.3) is 22.2 Å². The van der Waals surface area contributed by atoms with E-state index in [0.717, 1.165) is 36.4 Å². The van der Waals surface area contributed by atoms with Gasteiger partial charge in [-0.2, -0.15) is 13.2 Å². The van der Waals surface area contributed by atoms with Gasteiger partial charge in [0.25, 0.3) is 0 Å². The topological polar surface area (TPSA) is 68.8 Å². The predicted octanol–water partition coefficient (Wildman–Crippen LogP) is 3.95. The molecule has 1 saturated carbocycles. The van der Waals surface area contributed by atoms with E-state index < -0.39 is 11.7 Å². The molecule has 3 N–H and O–H groups in total. The number of aromatic nitrogens is 3. The highest BCUT2D eigenvalue weighted by molar-refractivity contribution is 5.96. The number of nitrogens with two attached hydrogens (primary N) is 1. The highest BCUT2D eigenvalue weighted by atomic mass is 19.4. The number of halogens is 3. The second-order valence-corrected chi connectivity index (χ2v) is 7.04. The molecule has 3 aromatic rings. The number of nitrogens with one attached hydrogen (secondary N) is 1. The minimum Gasteiger partial charge on any atom is -0.351 e. The summed E-state index contributed by atoms with van der Waals surface area (Å²) in [4.78, 5) is 8.18. The van der Waals surface area contributed by atoms with Crippen LogP contribution in [0.1, 0.15) is 24.8 Å². The van der Waals surface area contributed by atoms with Gasteiger partial charge in [0.05, 0.1) is 5.69 Å². The molecule has 1 aliphatic rings. The van der Waals surface area contributed by atoms with E-state index in [1.807, 2.05) is 12.1 Å². The Morgan fingerprint density at radius 3 is 2.70 bits per heavy atom. The highest BCUT2D eigenvalue weighted by Crippen LogP contribution is 2.39. The van der Waals surface area contributed by atoms with E-state index in [1.54, 1.807) is 29.9 Å². The third kappa shape index (κ3) is 3.37. The second kappa shape index (κ2) is 6.53. The second-order valence-electron chi connectivity index (χ2n) is 7.04. The first kappa shape index (κ1) is 17.8. The lowest BCUT2D eigenvalue weighted by atomic mass is 10.1.